The Bertz CT molecular complexity index is 453. The van der Waals surface area contributed by atoms with Crippen LogP contribution in [0.15, 0.2) is 12.3 Å². The topological polar surface area (TPSA) is 59.3 Å². The average molecular weight is 267 g/mol. The highest BCUT2D eigenvalue weighted by Crippen LogP contribution is 2.30. The van der Waals surface area contributed by atoms with Crippen molar-refractivity contribution in [1.82, 2.24) is 4.98 Å². The minimum atomic E-state index is -0.333. The Balaban J connectivity index is 2.39. The molecular formula is C12H17N3O2S. The van der Waals surface area contributed by atoms with Crippen LogP contribution in [0.2, 0.25) is 0 Å². The van der Waals surface area contributed by atoms with Crippen LogP contribution >= 0.6 is 11.8 Å². The summed E-state index contributed by atoms with van der Waals surface area (Å²) in [6.45, 7) is 4.76. The Labute approximate surface area is 111 Å². The number of anilines is 1. The zero-order chi connectivity index (χ0) is 13.1. The van der Waals surface area contributed by atoms with Crippen LogP contribution in [0.4, 0.5) is 11.5 Å². The molecule has 1 saturated heterocycles. The normalized spacial score (nSPS) is 20.6. The number of thioether (sulfide) groups is 1. The first-order chi connectivity index (χ1) is 8.59. The van der Waals surface area contributed by atoms with E-state index in [1.807, 2.05) is 18.7 Å². The quantitative estimate of drug-likeness (QED) is 0.609. The maximum absolute atomic E-state index is 11.1. The Morgan fingerprint density at radius 2 is 2.33 bits per heavy atom. The fourth-order valence-electron chi connectivity index (χ4n) is 2.11. The molecule has 98 valence electrons. The number of aryl methyl sites for hydroxylation is 1. The monoisotopic (exact) mass is 267 g/mol. The summed E-state index contributed by atoms with van der Waals surface area (Å²) in [6, 6.07) is 1.90. The predicted molar refractivity (Wildman–Crippen MR) is 74.4 cm³/mol. The van der Waals surface area contributed by atoms with Crippen molar-refractivity contribution in [3.05, 3.63) is 27.9 Å². The molecule has 18 heavy (non-hydrogen) atoms. The van der Waals surface area contributed by atoms with Crippen molar-refractivity contribution in [1.29, 1.82) is 0 Å². The van der Waals surface area contributed by atoms with E-state index >= 15 is 0 Å². The molecule has 0 aliphatic carbocycles. The van der Waals surface area contributed by atoms with E-state index in [0.29, 0.717) is 11.9 Å². The third-order valence-corrected chi connectivity index (χ3v) is 4.14. The lowest BCUT2D eigenvalue weighted by Crippen LogP contribution is -2.34. The van der Waals surface area contributed by atoms with E-state index < -0.39 is 0 Å². The highest BCUT2D eigenvalue weighted by Gasteiger charge is 2.26. The van der Waals surface area contributed by atoms with Gasteiger partial charge in [0.25, 0.3) is 0 Å². The van der Waals surface area contributed by atoms with Crippen LogP contribution in [0.5, 0.6) is 0 Å². The van der Waals surface area contributed by atoms with E-state index in [0.717, 1.165) is 30.0 Å². The fraction of sp³-hybridized carbons (Fsp3) is 0.583. The Morgan fingerprint density at radius 3 is 3.06 bits per heavy atom. The Morgan fingerprint density at radius 1 is 1.56 bits per heavy atom. The molecule has 0 N–H and O–H groups in total. The number of nitro groups is 1. The van der Waals surface area contributed by atoms with Gasteiger partial charge in [0.1, 0.15) is 0 Å². The largest absolute Gasteiger partial charge is 0.347 e. The van der Waals surface area contributed by atoms with Crippen LogP contribution in [0.3, 0.4) is 0 Å². The highest BCUT2D eigenvalue weighted by atomic mass is 32.2. The third-order valence-electron chi connectivity index (χ3n) is 3.14. The van der Waals surface area contributed by atoms with Crippen LogP contribution in [0, 0.1) is 17.0 Å². The zero-order valence-electron chi connectivity index (χ0n) is 10.6. The second kappa shape index (κ2) is 5.56. The summed E-state index contributed by atoms with van der Waals surface area (Å²) in [7, 11) is 0. The van der Waals surface area contributed by atoms with Crippen LogP contribution < -0.4 is 4.90 Å². The standard InChI is InChI=1S/C12H17N3O2S/c1-9-7-11(15(16)17)12(13-8-9)14-4-6-18-5-3-10(14)2/h7-8,10H,3-6H2,1-2H3. The maximum Gasteiger partial charge on any atom is 0.311 e. The molecule has 1 aliphatic heterocycles. The Hall–Kier alpha value is -1.30. The van der Waals surface area contributed by atoms with Crippen LogP contribution in [-0.2, 0) is 0 Å². The highest BCUT2D eigenvalue weighted by molar-refractivity contribution is 7.99. The van der Waals surface area contributed by atoms with Crippen molar-refractivity contribution in [2.24, 2.45) is 0 Å². The number of aromatic nitrogens is 1. The molecule has 0 saturated carbocycles. The summed E-state index contributed by atoms with van der Waals surface area (Å²) < 4.78 is 0. The number of pyridine rings is 1. The van der Waals surface area contributed by atoms with E-state index in [1.165, 1.54) is 0 Å². The van der Waals surface area contributed by atoms with E-state index in [1.54, 1.807) is 12.3 Å². The molecule has 6 heteroatoms. The SMILES string of the molecule is Cc1cnc(N2CCSCCC2C)c([N+](=O)[O-])c1. The third kappa shape index (κ3) is 2.75. The molecule has 1 atom stereocenters. The van der Waals surface area contributed by atoms with E-state index in [2.05, 4.69) is 16.8 Å². The lowest BCUT2D eigenvalue weighted by Gasteiger charge is -2.27. The van der Waals surface area contributed by atoms with Gasteiger partial charge in [-0.2, -0.15) is 11.8 Å². The van der Waals surface area contributed by atoms with Crippen LogP contribution in [0.25, 0.3) is 0 Å². The van der Waals surface area contributed by atoms with Gasteiger partial charge in [-0.1, -0.05) is 0 Å². The van der Waals surface area contributed by atoms with Gasteiger partial charge in [0.15, 0.2) is 0 Å². The second-order valence-corrected chi connectivity index (χ2v) is 5.78. The fourth-order valence-corrected chi connectivity index (χ4v) is 3.15. The summed E-state index contributed by atoms with van der Waals surface area (Å²) in [5.41, 5.74) is 0.941. The molecular weight excluding hydrogens is 250 g/mol. The first-order valence-electron chi connectivity index (χ1n) is 6.05. The molecule has 1 fully saturated rings. The summed E-state index contributed by atoms with van der Waals surface area (Å²) in [5, 5.41) is 11.1. The zero-order valence-corrected chi connectivity index (χ0v) is 11.4. The number of rotatable bonds is 2. The van der Waals surface area contributed by atoms with Crippen molar-refractivity contribution in [3.63, 3.8) is 0 Å². The van der Waals surface area contributed by atoms with Crippen LogP contribution in [0.1, 0.15) is 18.9 Å². The van der Waals surface area contributed by atoms with Crippen molar-refractivity contribution in [2.45, 2.75) is 26.3 Å². The average Bonchev–Trinajstić information content (AvgIpc) is 2.54. The van der Waals surface area contributed by atoms with E-state index in [-0.39, 0.29) is 10.6 Å². The molecule has 0 bridgehead atoms. The maximum atomic E-state index is 11.1. The molecule has 1 unspecified atom stereocenters. The van der Waals surface area contributed by atoms with E-state index in [4.69, 9.17) is 0 Å². The van der Waals surface area contributed by atoms with Crippen molar-refractivity contribution in [2.75, 3.05) is 23.0 Å². The first kappa shape index (κ1) is 13.1. The number of nitrogens with zero attached hydrogens (tertiary/aromatic N) is 3. The van der Waals surface area contributed by atoms with Crippen molar-refractivity contribution < 1.29 is 4.92 Å². The van der Waals surface area contributed by atoms with E-state index in [9.17, 15) is 10.1 Å². The molecule has 0 spiro atoms. The molecule has 5 nitrogen and oxygen atoms in total. The summed E-state index contributed by atoms with van der Waals surface area (Å²) in [6.07, 6.45) is 2.74. The van der Waals surface area contributed by atoms with Gasteiger partial charge in [0.05, 0.1) is 4.92 Å². The number of hydrogen-bond acceptors (Lipinski definition) is 5. The minimum Gasteiger partial charge on any atom is -0.347 e. The lowest BCUT2D eigenvalue weighted by atomic mass is 10.2. The molecule has 1 aromatic rings. The minimum absolute atomic E-state index is 0.119. The Kier molecular flexibility index (Phi) is 4.06. The van der Waals surface area contributed by atoms with Gasteiger partial charge in [-0.3, -0.25) is 10.1 Å². The lowest BCUT2D eigenvalue weighted by molar-refractivity contribution is -0.384. The van der Waals surface area contributed by atoms with Gasteiger partial charge in [0, 0.05) is 30.6 Å². The van der Waals surface area contributed by atoms with Crippen LogP contribution in [-0.4, -0.2) is 34.0 Å². The molecule has 2 rings (SSSR count). The van der Waals surface area contributed by atoms with Gasteiger partial charge in [-0.15, -0.1) is 0 Å². The van der Waals surface area contributed by atoms with Crippen molar-refractivity contribution in [3.8, 4) is 0 Å². The molecule has 1 aliphatic rings. The van der Waals surface area contributed by atoms with Crippen molar-refractivity contribution >= 4 is 23.3 Å². The molecule has 2 heterocycles. The van der Waals surface area contributed by atoms with Gasteiger partial charge >= 0.3 is 5.69 Å². The van der Waals surface area contributed by atoms with Gasteiger partial charge < -0.3 is 4.90 Å². The molecule has 0 radical (unpaired) electrons. The summed E-state index contributed by atoms with van der Waals surface area (Å²) in [5.74, 6) is 2.62. The molecule has 0 amide bonds. The smallest absolute Gasteiger partial charge is 0.311 e. The van der Waals surface area contributed by atoms with Gasteiger partial charge in [-0.05, 0) is 31.6 Å². The number of hydrogen-bond donors (Lipinski definition) is 0. The first-order valence-corrected chi connectivity index (χ1v) is 7.20. The summed E-state index contributed by atoms with van der Waals surface area (Å²) >= 11 is 1.90. The molecule has 0 aromatic carbocycles. The molecule has 1 aromatic heterocycles. The van der Waals surface area contributed by atoms with Gasteiger partial charge in [0.2, 0.25) is 5.82 Å². The second-order valence-electron chi connectivity index (χ2n) is 4.56. The van der Waals surface area contributed by atoms with Gasteiger partial charge in [-0.25, -0.2) is 4.98 Å². The predicted octanol–water partition coefficient (Wildman–Crippen LogP) is 2.63. The summed E-state index contributed by atoms with van der Waals surface area (Å²) in [4.78, 5) is 17.2.